The average molecular weight is 500 g/mol. The molecule has 0 atom stereocenters. The number of aromatic nitrogens is 3. The van der Waals surface area contributed by atoms with E-state index in [1.165, 1.54) is 24.7 Å². The van der Waals surface area contributed by atoms with Crippen molar-refractivity contribution in [1.82, 2.24) is 15.0 Å². The lowest BCUT2D eigenvalue weighted by atomic mass is 9.83. The van der Waals surface area contributed by atoms with E-state index in [0.29, 0.717) is 18.2 Å². The molecule has 0 spiro atoms. The number of anilines is 1. The molecule has 6 nitrogen and oxygen atoms in total. The lowest BCUT2D eigenvalue weighted by molar-refractivity contribution is -0.0384. The Morgan fingerprint density at radius 2 is 1.72 bits per heavy atom. The Balaban J connectivity index is 1.46. The summed E-state index contributed by atoms with van der Waals surface area (Å²) < 4.78 is 61.8. The molecule has 0 unspecified atom stereocenters. The van der Waals surface area contributed by atoms with E-state index < -0.39 is 23.5 Å². The number of ether oxygens (including phenoxy) is 1. The van der Waals surface area contributed by atoms with Crippen molar-refractivity contribution in [2.45, 2.75) is 50.4 Å². The first-order chi connectivity index (χ1) is 17.3. The summed E-state index contributed by atoms with van der Waals surface area (Å²) in [6.45, 7) is 0.521. The molecule has 2 aromatic heterocycles. The summed E-state index contributed by atoms with van der Waals surface area (Å²) in [5, 5.41) is 2.74. The molecule has 0 radical (unpaired) electrons. The monoisotopic (exact) mass is 500 g/mol. The molecular weight excluding hydrogens is 476 g/mol. The molecule has 1 N–H and O–H groups in total. The number of nitrogens with one attached hydrogen (secondary N) is 1. The van der Waals surface area contributed by atoms with Crippen molar-refractivity contribution in [2.75, 3.05) is 11.9 Å². The van der Waals surface area contributed by atoms with Crippen LogP contribution in [0.5, 0.6) is 6.01 Å². The van der Waals surface area contributed by atoms with E-state index in [1.54, 1.807) is 0 Å². The zero-order valence-corrected chi connectivity index (χ0v) is 19.3. The van der Waals surface area contributed by atoms with Gasteiger partial charge in [-0.1, -0.05) is 0 Å². The number of hydrogen-bond donors (Lipinski definition) is 1. The topological polar surface area (TPSA) is 77.0 Å². The van der Waals surface area contributed by atoms with Crippen molar-refractivity contribution in [2.24, 2.45) is 5.92 Å². The molecule has 2 saturated carbocycles. The molecule has 1 aromatic carbocycles. The van der Waals surface area contributed by atoms with Crippen LogP contribution in [0.3, 0.4) is 0 Å². The Kier molecular flexibility index (Phi) is 6.59. The second-order valence-corrected chi connectivity index (χ2v) is 9.34. The maximum Gasteiger partial charge on any atom is 0.316 e. The zero-order chi connectivity index (χ0) is 25.3. The first-order valence-electron chi connectivity index (χ1n) is 11.9. The first-order valence-corrected chi connectivity index (χ1v) is 11.9. The molecular formula is C26H24F4N4O2. The highest BCUT2D eigenvalue weighted by Gasteiger charge is 2.37. The van der Waals surface area contributed by atoms with E-state index in [-0.39, 0.29) is 60.0 Å². The third kappa shape index (κ3) is 5.47. The van der Waals surface area contributed by atoms with Gasteiger partial charge in [0.05, 0.1) is 23.6 Å². The smallest absolute Gasteiger partial charge is 0.316 e. The second kappa shape index (κ2) is 9.83. The van der Waals surface area contributed by atoms with Crippen LogP contribution in [0.1, 0.15) is 60.5 Å². The van der Waals surface area contributed by atoms with Crippen LogP contribution < -0.4 is 10.1 Å². The van der Waals surface area contributed by atoms with Crippen LogP contribution >= 0.6 is 0 Å². The van der Waals surface area contributed by atoms with Gasteiger partial charge in [-0.05, 0) is 55.9 Å². The molecule has 188 valence electrons. The molecule has 0 aliphatic heterocycles. The fourth-order valence-electron chi connectivity index (χ4n) is 4.33. The van der Waals surface area contributed by atoms with Gasteiger partial charge in [0.15, 0.2) is 0 Å². The first kappa shape index (κ1) is 24.1. The van der Waals surface area contributed by atoms with Crippen LogP contribution in [0.15, 0.2) is 42.9 Å². The molecule has 1 amide bonds. The number of carbonyl (C=O) groups excluding carboxylic acids is 1. The largest absolute Gasteiger partial charge is 0.463 e. The van der Waals surface area contributed by atoms with Crippen LogP contribution in [0.2, 0.25) is 0 Å². The normalized spacial score (nSPS) is 17.6. The highest BCUT2D eigenvalue weighted by Crippen LogP contribution is 2.44. The number of amides is 1. The Labute approximate surface area is 205 Å². The number of halogens is 4. The fourth-order valence-corrected chi connectivity index (χ4v) is 4.33. The number of carbonyl (C=O) groups is 1. The van der Waals surface area contributed by atoms with Gasteiger partial charge in [-0.2, -0.15) is 0 Å². The number of alkyl halides is 2. The van der Waals surface area contributed by atoms with Gasteiger partial charge in [-0.25, -0.2) is 27.5 Å². The molecule has 2 fully saturated rings. The summed E-state index contributed by atoms with van der Waals surface area (Å²) >= 11 is 0. The minimum atomic E-state index is -2.76. The van der Waals surface area contributed by atoms with Crippen LogP contribution in [0.4, 0.5) is 23.2 Å². The van der Waals surface area contributed by atoms with Gasteiger partial charge >= 0.3 is 6.01 Å². The predicted octanol–water partition coefficient (Wildman–Crippen LogP) is 6.15. The lowest BCUT2D eigenvalue weighted by Crippen LogP contribution is -2.25. The lowest BCUT2D eigenvalue weighted by Gasteiger charge is -2.29. The Morgan fingerprint density at radius 3 is 2.42 bits per heavy atom. The van der Waals surface area contributed by atoms with Gasteiger partial charge in [0.2, 0.25) is 5.92 Å². The summed E-state index contributed by atoms with van der Waals surface area (Å²) in [4.78, 5) is 25.6. The van der Waals surface area contributed by atoms with E-state index in [4.69, 9.17) is 4.74 Å². The molecule has 10 heteroatoms. The highest BCUT2D eigenvalue weighted by atomic mass is 19.3. The van der Waals surface area contributed by atoms with Crippen molar-refractivity contribution in [3.8, 4) is 17.1 Å². The van der Waals surface area contributed by atoms with Crippen molar-refractivity contribution in [3.05, 3.63) is 65.7 Å². The molecule has 0 bridgehead atoms. The van der Waals surface area contributed by atoms with Gasteiger partial charge < -0.3 is 10.1 Å². The number of nitrogens with zero attached hydrogens (tertiary/aromatic N) is 3. The second-order valence-electron chi connectivity index (χ2n) is 9.34. The Bertz CT molecular complexity index is 1260. The third-order valence-electron chi connectivity index (χ3n) is 6.58. The van der Waals surface area contributed by atoms with Crippen molar-refractivity contribution < 1.29 is 27.1 Å². The minimum absolute atomic E-state index is 0.0739. The number of rotatable bonds is 7. The summed E-state index contributed by atoms with van der Waals surface area (Å²) in [6, 6.07) is 4.62. The SMILES string of the molecule is O=C(Nc1c(-c2cc(F)ccc2F)ccnc1C1CCC(F)(F)CC1)c1cnc(OCC2CC2)nc1. The van der Waals surface area contributed by atoms with E-state index >= 15 is 0 Å². The van der Waals surface area contributed by atoms with Crippen LogP contribution in [0, 0.1) is 17.6 Å². The van der Waals surface area contributed by atoms with Gasteiger partial charge in [0.25, 0.3) is 5.91 Å². The van der Waals surface area contributed by atoms with Gasteiger partial charge in [-0.15, -0.1) is 0 Å². The number of hydrogen-bond acceptors (Lipinski definition) is 5. The van der Waals surface area contributed by atoms with Crippen LogP contribution in [-0.2, 0) is 0 Å². The quantitative estimate of drug-likeness (QED) is 0.394. The van der Waals surface area contributed by atoms with Crippen LogP contribution in [-0.4, -0.2) is 33.4 Å². The summed E-state index contributed by atoms with van der Waals surface area (Å²) in [5.74, 6) is -4.58. The molecule has 36 heavy (non-hydrogen) atoms. The van der Waals surface area contributed by atoms with Gasteiger partial charge in [0, 0.05) is 48.5 Å². The van der Waals surface area contributed by atoms with Crippen molar-refractivity contribution in [1.29, 1.82) is 0 Å². The average Bonchev–Trinajstić information content (AvgIpc) is 3.70. The molecule has 2 heterocycles. The van der Waals surface area contributed by atoms with Gasteiger partial charge in [-0.3, -0.25) is 9.78 Å². The molecule has 2 aliphatic carbocycles. The van der Waals surface area contributed by atoms with E-state index in [1.807, 2.05) is 0 Å². The molecule has 0 saturated heterocycles. The van der Waals surface area contributed by atoms with Crippen molar-refractivity contribution >= 4 is 11.6 Å². The summed E-state index contributed by atoms with van der Waals surface area (Å²) in [7, 11) is 0. The molecule has 3 aromatic rings. The summed E-state index contributed by atoms with van der Waals surface area (Å²) in [5.41, 5.74) is 0.745. The standard InChI is InChI=1S/C26H24F4N4O2/c27-18-3-4-21(28)20(11-18)19-7-10-31-22(16-5-8-26(29,30)9-6-16)23(19)34-24(35)17-12-32-25(33-13-17)36-14-15-1-2-15/h3-4,7,10-13,15-16H,1-2,5-6,8-9,14H2,(H,34,35). The Morgan fingerprint density at radius 1 is 1.00 bits per heavy atom. The highest BCUT2D eigenvalue weighted by molar-refractivity contribution is 6.06. The van der Waals surface area contributed by atoms with Crippen LogP contribution in [0.25, 0.3) is 11.1 Å². The summed E-state index contributed by atoms with van der Waals surface area (Å²) in [6.07, 6.45) is 5.91. The molecule has 5 rings (SSSR count). The minimum Gasteiger partial charge on any atom is -0.463 e. The van der Waals surface area contributed by atoms with Gasteiger partial charge in [0.1, 0.15) is 11.6 Å². The number of pyridine rings is 1. The maximum absolute atomic E-state index is 14.7. The fraction of sp³-hybridized carbons (Fsp3) is 0.385. The number of benzene rings is 1. The van der Waals surface area contributed by atoms with E-state index in [0.717, 1.165) is 31.0 Å². The van der Waals surface area contributed by atoms with Crippen molar-refractivity contribution in [3.63, 3.8) is 0 Å². The maximum atomic E-state index is 14.7. The Hall–Kier alpha value is -3.56. The van der Waals surface area contributed by atoms with E-state index in [9.17, 15) is 22.4 Å². The molecule has 2 aliphatic rings. The predicted molar refractivity (Wildman–Crippen MR) is 124 cm³/mol. The van der Waals surface area contributed by atoms with E-state index in [2.05, 4.69) is 20.3 Å². The zero-order valence-electron chi connectivity index (χ0n) is 19.3. The third-order valence-corrected chi connectivity index (χ3v) is 6.58.